The molecule has 4 rings (SSSR count). The summed E-state index contributed by atoms with van der Waals surface area (Å²) in [6, 6.07) is 14.2. The van der Waals surface area contributed by atoms with Crippen molar-refractivity contribution in [3.05, 3.63) is 75.0 Å². The Labute approximate surface area is 182 Å². The van der Waals surface area contributed by atoms with Crippen molar-refractivity contribution in [2.75, 3.05) is 11.9 Å². The summed E-state index contributed by atoms with van der Waals surface area (Å²) in [5.41, 5.74) is 1.64. The Hall–Kier alpha value is -2.93. The van der Waals surface area contributed by atoms with Crippen molar-refractivity contribution in [3.63, 3.8) is 0 Å². The average molecular weight is 469 g/mol. The molecule has 0 saturated heterocycles. The number of halogens is 1. The second kappa shape index (κ2) is 8.07. The van der Waals surface area contributed by atoms with Crippen LogP contribution < -0.4 is 10.7 Å². The number of carbonyl (C=O) groups excluding carboxylic acids is 2. The molecule has 1 aliphatic carbocycles. The molecule has 1 aromatic heterocycles. The second-order valence-corrected chi connectivity index (χ2v) is 8.31. The lowest BCUT2D eigenvalue weighted by molar-refractivity contribution is -0.146. The Morgan fingerprint density at radius 1 is 1.13 bits per heavy atom. The molecule has 0 radical (unpaired) electrons. The summed E-state index contributed by atoms with van der Waals surface area (Å²) in [4.78, 5) is 36.9. The van der Waals surface area contributed by atoms with Crippen molar-refractivity contribution < 1.29 is 14.3 Å². The maximum atomic E-state index is 12.6. The van der Waals surface area contributed by atoms with Crippen molar-refractivity contribution in [2.45, 2.75) is 31.7 Å². The lowest BCUT2D eigenvalue weighted by atomic mass is 9.96. The number of nitrogens with zero attached hydrogens (tertiary/aromatic N) is 1. The number of fused-ring (bicyclic) bond motifs is 1. The summed E-state index contributed by atoms with van der Waals surface area (Å²) in [5.74, 6) is -0.388. The number of anilines is 1. The highest BCUT2D eigenvalue weighted by Gasteiger charge is 2.52. The van der Waals surface area contributed by atoms with Crippen LogP contribution in [0.4, 0.5) is 5.69 Å². The number of benzene rings is 2. The van der Waals surface area contributed by atoms with E-state index in [-0.39, 0.29) is 23.9 Å². The molecule has 6 nitrogen and oxygen atoms in total. The zero-order chi connectivity index (χ0) is 21.3. The fourth-order valence-electron chi connectivity index (χ4n) is 3.65. The molecule has 0 aliphatic heterocycles. The van der Waals surface area contributed by atoms with E-state index in [1.165, 1.54) is 6.07 Å². The van der Waals surface area contributed by atoms with Gasteiger partial charge in [-0.3, -0.25) is 14.4 Å². The molecule has 30 heavy (non-hydrogen) atoms. The topological polar surface area (TPSA) is 77.4 Å². The Bertz CT molecular complexity index is 1180. The summed E-state index contributed by atoms with van der Waals surface area (Å²) in [6.07, 6.45) is 3.19. The van der Waals surface area contributed by atoms with Gasteiger partial charge in [0, 0.05) is 27.8 Å². The molecule has 0 bridgehead atoms. The predicted octanol–water partition coefficient (Wildman–Crippen LogP) is 4.00. The summed E-state index contributed by atoms with van der Waals surface area (Å²) in [6.45, 7) is 2.25. The minimum atomic E-state index is -0.526. The Morgan fingerprint density at radius 3 is 2.53 bits per heavy atom. The van der Waals surface area contributed by atoms with E-state index >= 15 is 0 Å². The number of pyridine rings is 1. The zero-order valence-corrected chi connectivity index (χ0v) is 18.1. The number of hydrogen-bond donors (Lipinski definition) is 1. The van der Waals surface area contributed by atoms with E-state index in [1.807, 2.05) is 24.3 Å². The van der Waals surface area contributed by atoms with Crippen LogP contribution in [0.5, 0.6) is 0 Å². The normalized spacial score (nSPS) is 14.3. The molecule has 0 spiro atoms. The van der Waals surface area contributed by atoms with Gasteiger partial charge in [-0.2, -0.15) is 0 Å². The lowest BCUT2D eigenvalue weighted by Gasteiger charge is -2.15. The van der Waals surface area contributed by atoms with E-state index in [2.05, 4.69) is 21.2 Å². The van der Waals surface area contributed by atoms with Crippen LogP contribution in [0.3, 0.4) is 0 Å². The number of ether oxygens (including phenoxy) is 1. The third kappa shape index (κ3) is 3.89. The van der Waals surface area contributed by atoms with Crippen molar-refractivity contribution in [1.29, 1.82) is 0 Å². The third-order valence-electron chi connectivity index (χ3n) is 5.39. The first-order chi connectivity index (χ1) is 14.4. The standard InChI is InChI=1S/C23H21BrN2O4/c1-2-30-22(29)23(10-11-23)15-3-6-17(7-4-15)25-21(28)14-26-12-9-20(27)18-13-16(24)5-8-19(18)26/h3-9,12-13H,2,10-11,14H2,1H3,(H,25,28). The van der Waals surface area contributed by atoms with Gasteiger partial charge in [-0.25, -0.2) is 0 Å². The highest BCUT2D eigenvalue weighted by Crippen LogP contribution is 2.49. The van der Waals surface area contributed by atoms with Gasteiger partial charge in [-0.05, 0) is 55.7 Å². The number of hydrogen-bond acceptors (Lipinski definition) is 4. The van der Waals surface area contributed by atoms with E-state index < -0.39 is 5.41 Å². The maximum absolute atomic E-state index is 12.6. The smallest absolute Gasteiger partial charge is 0.316 e. The molecule has 0 atom stereocenters. The van der Waals surface area contributed by atoms with E-state index in [9.17, 15) is 14.4 Å². The molecule has 1 N–H and O–H groups in total. The van der Waals surface area contributed by atoms with E-state index in [1.54, 1.807) is 35.9 Å². The van der Waals surface area contributed by atoms with Crippen LogP contribution in [0.15, 0.2) is 64.0 Å². The summed E-state index contributed by atoms with van der Waals surface area (Å²) in [7, 11) is 0. The van der Waals surface area contributed by atoms with Crippen LogP contribution >= 0.6 is 15.9 Å². The van der Waals surface area contributed by atoms with Crippen LogP contribution in [-0.4, -0.2) is 23.1 Å². The Kier molecular flexibility index (Phi) is 5.47. The minimum Gasteiger partial charge on any atom is -0.465 e. The molecule has 1 fully saturated rings. The first-order valence-corrected chi connectivity index (χ1v) is 10.6. The summed E-state index contributed by atoms with van der Waals surface area (Å²) >= 11 is 3.37. The maximum Gasteiger partial charge on any atom is 0.316 e. The van der Waals surface area contributed by atoms with E-state index in [0.29, 0.717) is 23.2 Å². The van der Waals surface area contributed by atoms with Crippen molar-refractivity contribution >= 4 is 44.4 Å². The number of nitrogens with one attached hydrogen (secondary N) is 1. The lowest BCUT2D eigenvalue weighted by Crippen LogP contribution is -2.23. The van der Waals surface area contributed by atoms with Gasteiger partial charge in [0.05, 0.1) is 17.5 Å². The van der Waals surface area contributed by atoms with Crippen molar-refractivity contribution in [1.82, 2.24) is 4.57 Å². The molecule has 154 valence electrons. The largest absolute Gasteiger partial charge is 0.465 e. The number of esters is 1. The number of aromatic nitrogens is 1. The van der Waals surface area contributed by atoms with Crippen LogP contribution in [-0.2, 0) is 26.3 Å². The average Bonchev–Trinajstić information content (AvgIpc) is 3.53. The summed E-state index contributed by atoms with van der Waals surface area (Å²) in [5, 5.41) is 3.42. The summed E-state index contributed by atoms with van der Waals surface area (Å²) < 4.78 is 7.75. The second-order valence-electron chi connectivity index (χ2n) is 7.40. The number of amides is 1. The number of rotatable bonds is 6. The quantitative estimate of drug-likeness (QED) is 0.554. The molecule has 1 aliphatic rings. The van der Waals surface area contributed by atoms with Crippen LogP contribution in [0, 0.1) is 0 Å². The molecule has 1 heterocycles. The molecular formula is C23H21BrN2O4. The highest BCUT2D eigenvalue weighted by molar-refractivity contribution is 9.10. The highest BCUT2D eigenvalue weighted by atomic mass is 79.9. The first kappa shape index (κ1) is 20.3. The van der Waals surface area contributed by atoms with Gasteiger partial charge < -0.3 is 14.6 Å². The van der Waals surface area contributed by atoms with Crippen LogP contribution in [0.1, 0.15) is 25.3 Å². The minimum absolute atomic E-state index is 0.0763. The van der Waals surface area contributed by atoms with Gasteiger partial charge in [0.2, 0.25) is 5.91 Å². The van der Waals surface area contributed by atoms with Gasteiger partial charge in [-0.15, -0.1) is 0 Å². The SMILES string of the molecule is CCOC(=O)C1(c2ccc(NC(=O)Cn3ccc(=O)c4cc(Br)ccc43)cc2)CC1. The molecule has 7 heteroatoms. The Balaban J connectivity index is 1.48. The predicted molar refractivity (Wildman–Crippen MR) is 119 cm³/mol. The van der Waals surface area contributed by atoms with Crippen LogP contribution in [0.2, 0.25) is 0 Å². The number of carbonyl (C=O) groups is 2. The van der Waals surface area contributed by atoms with E-state index in [4.69, 9.17) is 4.74 Å². The molecule has 2 aromatic carbocycles. The van der Waals surface area contributed by atoms with Crippen LogP contribution in [0.25, 0.3) is 10.9 Å². The third-order valence-corrected chi connectivity index (χ3v) is 5.88. The van der Waals surface area contributed by atoms with Crippen molar-refractivity contribution in [3.8, 4) is 0 Å². The first-order valence-electron chi connectivity index (χ1n) is 9.79. The molecule has 1 saturated carbocycles. The van der Waals surface area contributed by atoms with Gasteiger partial charge in [0.1, 0.15) is 6.54 Å². The molecular weight excluding hydrogens is 448 g/mol. The van der Waals surface area contributed by atoms with Gasteiger partial charge >= 0.3 is 5.97 Å². The van der Waals surface area contributed by atoms with Gasteiger partial charge in [0.15, 0.2) is 5.43 Å². The molecule has 3 aromatic rings. The molecule has 1 amide bonds. The Morgan fingerprint density at radius 2 is 1.87 bits per heavy atom. The monoisotopic (exact) mass is 468 g/mol. The van der Waals surface area contributed by atoms with Gasteiger partial charge in [-0.1, -0.05) is 28.1 Å². The van der Waals surface area contributed by atoms with Crippen molar-refractivity contribution in [2.24, 2.45) is 0 Å². The zero-order valence-electron chi connectivity index (χ0n) is 16.5. The fraction of sp³-hybridized carbons (Fsp3) is 0.261. The van der Waals surface area contributed by atoms with E-state index in [0.717, 1.165) is 22.9 Å². The fourth-order valence-corrected chi connectivity index (χ4v) is 4.02. The van der Waals surface area contributed by atoms with Gasteiger partial charge in [0.25, 0.3) is 0 Å². The molecule has 0 unspecified atom stereocenters.